The fourth-order valence-corrected chi connectivity index (χ4v) is 7.87. The van der Waals surface area contributed by atoms with E-state index in [-0.39, 0.29) is 21.2 Å². The molecule has 0 radical (unpaired) electrons. The minimum absolute atomic E-state index is 0.122. The molecule has 0 spiro atoms. The molecule has 0 saturated heterocycles. The van der Waals surface area contributed by atoms with Gasteiger partial charge in [-0.1, -0.05) is 53.4 Å². The van der Waals surface area contributed by atoms with Crippen LogP contribution in [0.4, 0.5) is 0 Å². The van der Waals surface area contributed by atoms with Crippen molar-refractivity contribution in [3.63, 3.8) is 0 Å². The maximum Gasteiger partial charge on any atom is 0.297 e. The van der Waals surface area contributed by atoms with Crippen molar-refractivity contribution in [2.45, 2.75) is 79.1 Å². The molecule has 2 aliphatic rings. The maximum atomic E-state index is 12.8. The number of H-pyrrole nitrogens is 2. The summed E-state index contributed by atoms with van der Waals surface area (Å²) in [6.45, 7) is 7.92. The maximum absolute atomic E-state index is 12.8. The summed E-state index contributed by atoms with van der Waals surface area (Å²) in [7, 11) is -9.33. The van der Waals surface area contributed by atoms with Crippen LogP contribution in [0, 0.1) is 0 Å². The molecule has 234 valence electrons. The Morgan fingerprint density at radius 2 is 0.932 bits per heavy atom. The van der Waals surface area contributed by atoms with Gasteiger partial charge in [0, 0.05) is 22.2 Å². The normalized spacial score (nSPS) is 14.1. The van der Waals surface area contributed by atoms with Crippen molar-refractivity contribution in [2.75, 3.05) is 0 Å². The number of nitrogens with one attached hydrogen (secondary N) is 2. The number of nitrogens with zero attached hydrogens (tertiary/aromatic N) is 2. The Bertz CT molecular complexity index is 1920. The van der Waals surface area contributed by atoms with Crippen LogP contribution in [0.2, 0.25) is 0 Å². The largest absolute Gasteiger partial charge is 0.353 e. The van der Waals surface area contributed by atoms with Gasteiger partial charge in [-0.05, 0) is 73.2 Å². The molecule has 0 unspecified atom stereocenters. The first-order valence-corrected chi connectivity index (χ1v) is 17.9. The van der Waals surface area contributed by atoms with Crippen molar-refractivity contribution >= 4 is 63.3 Å². The average Bonchev–Trinajstić information content (AvgIpc) is 3.70. The van der Waals surface area contributed by atoms with Gasteiger partial charge in [-0.2, -0.15) is 16.8 Å². The van der Waals surface area contributed by atoms with Gasteiger partial charge in [-0.15, -0.1) is 0 Å². The molecular weight excluding hydrogens is 601 g/mol. The van der Waals surface area contributed by atoms with E-state index in [0.717, 1.165) is 47.8 Å². The van der Waals surface area contributed by atoms with Gasteiger partial charge in [0.25, 0.3) is 20.2 Å². The van der Waals surface area contributed by atoms with E-state index in [0.29, 0.717) is 59.3 Å². The molecule has 3 aromatic heterocycles. The van der Waals surface area contributed by atoms with Gasteiger partial charge in [0.15, 0.2) is 0 Å². The Hall–Kier alpha value is -3.58. The zero-order chi connectivity index (χ0) is 31.8. The van der Waals surface area contributed by atoms with E-state index in [1.54, 1.807) is 12.1 Å². The number of rotatable bonds is 10. The Labute approximate surface area is 257 Å². The fourth-order valence-electron chi connectivity index (χ4n) is 6.03. The molecule has 3 aromatic rings. The Morgan fingerprint density at radius 1 is 0.568 bits per heavy atom. The molecule has 4 N–H and O–H groups in total. The number of allylic oxidation sites excluding steroid dienone is 2. The van der Waals surface area contributed by atoms with Crippen LogP contribution in [0.5, 0.6) is 0 Å². The summed E-state index contributed by atoms with van der Waals surface area (Å²) in [6.07, 6.45) is 5.00. The molecule has 10 nitrogen and oxygen atoms in total. The molecule has 0 amide bonds. The van der Waals surface area contributed by atoms with E-state index >= 15 is 0 Å². The van der Waals surface area contributed by atoms with Crippen molar-refractivity contribution in [2.24, 2.45) is 0 Å². The predicted molar refractivity (Wildman–Crippen MR) is 176 cm³/mol. The van der Waals surface area contributed by atoms with E-state index in [4.69, 9.17) is 9.97 Å². The molecule has 44 heavy (non-hydrogen) atoms. The third-order valence-corrected chi connectivity index (χ3v) is 9.72. The zero-order valence-corrected chi connectivity index (χ0v) is 27.0. The highest BCUT2D eigenvalue weighted by Gasteiger charge is 2.32. The predicted octanol–water partition coefficient (Wildman–Crippen LogP) is 7.33. The standard InChI is InChI=1S/C32H38N4O6S2/c1-5-9-19-17-27-29-31(43(37,38)39)21(11-7-3)25(35-29)15-16-26-22(12-8-4)32(44(40,41)42)30(36-26)28-18-20(10-6-2)24(34-28)14-13-23(19)33-27/h13-18,33-34H,5-12H2,1-4H3,(H,37,38,39)(H,40,41,42). The molecular formula is C32H38N4O6S2. The van der Waals surface area contributed by atoms with Crippen molar-refractivity contribution < 1.29 is 25.9 Å². The molecule has 12 heteroatoms. The highest BCUT2D eigenvalue weighted by molar-refractivity contribution is 7.96. The van der Waals surface area contributed by atoms with Crippen molar-refractivity contribution in [3.05, 3.63) is 70.3 Å². The molecule has 5 rings (SSSR count). The van der Waals surface area contributed by atoms with Crippen molar-refractivity contribution in [3.8, 4) is 0 Å². The van der Waals surface area contributed by atoms with Crippen LogP contribution in [0.15, 0.2) is 36.4 Å². The first kappa shape index (κ1) is 31.8. The zero-order valence-electron chi connectivity index (χ0n) is 25.4. The number of hydrogen-bond acceptors (Lipinski definition) is 6. The number of aromatic amines is 2. The summed E-state index contributed by atoms with van der Waals surface area (Å²) in [5.74, 6) is 0. The summed E-state index contributed by atoms with van der Waals surface area (Å²) in [5, 5.41) is 0. The van der Waals surface area contributed by atoms with Gasteiger partial charge in [0.2, 0.25) is 0 Å². The first-order chi connectivity index (χ1) is 20.9. The van der Waals surface area contributed by atoms with Gasteiger partial charge in [-0.3, -0.25) is 9.11 Å². The second kappa shape index (κ2) is 12.4. The molecule has 2 aliphatic heterocycles. The summed E-state index contributed by atoms with van der Waals surface area (Å²) >= 11 is 0. The van der Waals surface area contributed by atoms with Crippen LogP contribution >= 0.6 is 0 Å². The Morgan fingerprint density at radius 3 is 1.25 bits per heavy atom. The molecule has 0 aromatic carbocycles. The number of aryl methyl sites for hydroxylation is 2. The van der Waals surface area contributed by atoms with Gasteiger partial charge in [0.1, 0.15) is 21.2 Å². The molecule has 5 heterocycles. The lowest BCUT2D eigenvalue weighted by Gasteiger charge is -2.05. The van der Waals surface area contributed by atoms with E-state index < -0.39 is 20.2 Å². The second-order valence-corrected chi connectivity index (χ2v) is 13.9. The summed E-state index contributed by atoms with van der Waals surface area (Å²) in [5.41, 5.74) is 6.05. The van der Waals surface area contributed by atoms with E-state index in [1.165, 1.54) is 0 Å². The second-order valence-electron chi connectivity index (χ2n) is 11.2. The van der Waals surface area contributed by atoms with E-state index in [2.05, 4.69) is 23.8 Å². The summed E-state index contributed by atoms with van der Waals surface area (Å²) in [4.78, 5) is 15.6. The quantitative estimate of drug-likeness (QED) is 0.168. The lowest BCUT2D eigenvalue weighted by molar-refractivity contribution is 0.494. The van der Waals surface area contributed by atoms with E-state index in [9.17, 15) is 25.9 Å². The lowest BCUT2D eigenvalue weighted by atomic mass is 10.1. The smallest absolute Gasteiger partial charge is 0.297 e. The topological polar surface area (TPSA) is 166 Å². The Balaban J connectivity index is 2.01. The summed E-state index contributed by atoms with van der Waals surface area (Å²) < 4.78 is 72.1. The minimum Gasteiger partial charge on any atom is -0.353 e. The number of fused-ring (bicyclic) bond motifs is 10. The number of hydrogen-bond donors (Lipinski definition) is 4. The fraction of sp³-hybridized carbons (Fsp3) is 0.375. The molecule has 0 fully saturated rings. The third kappa shape index (κ3) is 6.03. The molecule has 8 bridgehead atoms. The van der Waals surface area contributed by atoms with Gasteiger partial charge in [0.05, 0.1) is 22.4 Å². The van der Waals surface area contributed by atoms with Crippen molar-refractivity contribution in [1.29, 1.82) is 0 Å². The lowest BCUT2D eigenvalue weighted by Crippen LogP contribution is -2.02. The van der Waals surface area contributed by atoms with Crippen LogP contribution < -0.4 is 0 Å². The van der Waals surface area contributed by atoms with Crippen molar-refractivity contribution in [1.82, 2.24) is 19.9 Å². The van der Waals surface area contributed by atoms with Gasteiger partial charge < -0.3 is 9.97 Å². The molecule has 0 aliphatic carbocycles. The van der Waals surface area contributed by atoms with Crippen LogP contribution in [-0.4, -0.2) is 45.9 Å². The van der Waals surface area contributed by atoms with Gasteiger partial charge in [-0.25, -0.2) is 9.97 Å². The highest BCUT2D eigenvalue weighted by Crippen LogP contribution is 2.40. The summed E-state index contributed by atoms with van der Waals surface area (Å²) in [6, 6.07) is 10.8. The number of aromatic nitrogens is 4. The highest BCUT2D eigenvalue weighted by atomic mass is 32.2. The van der Waals surface area contributed by atoms with Gasteiger partial charge >= 0.3 is 0 Å². The minimum atomic E-state index is -4.67. The van der Waals surface area contributed by atoms with Crippen LogP contribution in [0.1, 0.15) is 100 Å². The van der Waals surface area contributed by atoms with Crippen LogP contribution in [0.25, 0.3) is 43.0 Å². The van der Waals surface area contributed by atoms with E-state index in [1.807, 2.05) is 38.1 Å². The monoisotopic (exact) mass is 638 g/mol. The third-order valence-electron chi connectivity index (χ3n) is 7.81. The Kier molecular flexibility index (Phi) is 8.99. The van der Waals surface area contributed by atoms with Crippen LogP contribution in [0.3, 0.4) is 0 Å². The average molecular weight is 639 g/mol. The molecule has 0 atom stereocenters. The first-order valence-electron chi connectivity index (χ1n) is 15.1. The SMILES string of the molecule is CCCC1=C(S(=O)(=O)O)c2nc1ccc1nc(c3cc(CCC)c(ccc4[nH]c2cc4CCC)[nH]3)C(S(=O)(=O)O)=C1CCC. The molecule has 0 saturated carbocycles. The van der Waals surface area contributed by atoms with Crippen LogP contribution in [-0.2, 0) is 33.1 Å².